The molecule has 1 N–H and O–H groups in total. The number of nitrogens with zero attached hydrogens (tertiary/aromatic N) is 2. The lowest BCUT2D eigenvalue weighted by Gasteiger charge is -2.32. The molecule has 0 radical (unpaired) electrons. The van der Waals surface area contributed by atoms with Crippen molar-refractivity contribution < 1.29 is 0 Å². The van der Waals surface area contributed by atoms with E-state index in [1.54, 1.807) is 0 Å². The molecule has 2 aliphatic carbocycles. The van der Waals surface area contributed by atoms with E-state index < -0.39 is 0 Å². The van der Waals surface area contributed by atoms with Crippen LogP contribution in [0.3, 0.4) is 0 Å². The van der Waals surface area contributed by atoms with Gasteiger partial charge in [0.15, 0.2) is 0 Å². The minimum atomic E-state index is 0.470. The van der Waals surface area contributed by atoms with Gasteiger partial charge in [-0.3, -0.25) is 4.68 Å². The van der Waals surface area contributed by atoms with Crippen molar-refractivity contribution in [2.75, 3.05) is 6.54 Å². The number of halogens is 1. The third-order valence-electron chi connectivity index (χ3n) is 5.07. The molecule has 1 aromatic heterocycles. The first kappa shape index (κ1) is 13.6. The van der Waals surface area contributed by atoms with Gasteiger partial charge in [-0.2, -0.15) is 5.10 Å². The fourth-order valence-electron chi connectivity index (χ4n) is 4.31. The minimum Gasteiger partial charge on any atom is -0.309 e. The van der Waals surface area contributed by atoms with E-state index in [1.165, 1.54) is 35.8 Å². The van der Waals surface area contributed by atoms with E-state index >= 15 is 0 Å². The van der Waals surface area contributed by atoms with Crippen molar-refractivity contribution in [1.29, 1.82) is 0 Å². The maximum atomic E-state index is 4.50. The summed E-state index contributed by atoms with van der Waals surface area (Å²) in [6, 6.07) is 0.470. The van der Waals surface area contributed by atoms with Crippen molar-refractivity contribution in [2.24, 2.45) is 17.8 Å². The second-order valence-corrected chi connectivity index (χ2v) is 6.92. The molecule has 0 aromatic carbocycles. The quantitative estimate of drug-likeness (QED) is 0.893. The van der Waals surface area contributed by atoms with Gasteiger partial charge in [-0.05, 0) is 66.4 Å². The molecule has 0 spiro atoms. The smallest absolute Gasteiger partial charge is 0.0698 e. The molecule has 1 aromatic rings. The molecule has 4 unspecified atom stereocenters. The van der Waals surface area contributed by atoms with E-state index in [0.29, 0.717) is 6.04 Å². The zero-order chi connectivity index (χ0) is 13.4. The molecule has 2 bridgehead atoms. The maximum absolute atomic E-state index is 4.50. The summed E-state index contributed by atoms with van der Waals surface area (Å²) in [6.07, 6.45) is 7.73. The number of nitrogens with one attached hydrogen (secondary N) is 1. The van der Waals surface area contributed by atoms with Gasteiger partial charge in [-0.15, -0.1) is 0 Å². The Morgan fingerprint density at radius 3 is 2.84 bits per heavy atom. The molecule has 19 heavy (non-hydrogen) atoms. The molecule has 3 nitrogen and oxygen atoms in total. The zero-order valence-corrected chi connectivity index (χ0v) is 13.5. The van der Waals surface area contributed by atoms with E-state index in [0.717, 1.165) is 30.8 Å². The summed E-state index contributed by atoms with van der Waals surface area (Å²) in [5.74, 6) is 2.73. The predicted molar refractivity (Wildman–Crippen MR) is 81.0 cm³/mol. The van der Waals surface area contributed by atoms with Crippen molar-refractivity contribution in [3.05, 3.63) is 16.4 Å². The number of aryl methyl sites for hydroxylation is 1. The average Bonchev–Trinajstić information content (AvgIpc) is 3.11. The van der Waals surface area contributed by atoms with Crippen molar-refractivity contribution in [3.8, 4) is 0 Å². The normalized spacial score (nSPS) is 31.0. The lowest BCUT2D eigenvalue weighted by molar-refractivity contribution is 0.243. The number of hydrogen-bond acceptors (Lipinski definition) is 2. The van der Waals surface area contributed by atoms with Crippen LogP contribution in [0.25, 0.3) is 0 Å². The van der Waals surface area contributed by atoms with Gasteiger partial charge in [0.25, 0.3) is 0 Å². The Labute approximate surface area is 124 Å². The molecular weight excluding hydrogens is 302 g/mol. The summed E-state index contributed by atoms with van der Waals surface area (Å²) in [5, 5.41) is 8.24. The van der Waals surface area contributed by atoms with Gasteiger partial charge >= 0.3 is 0 Å². The standard InChI is InChI=1S/C15H24BrN3/c1-3-17-14(12-8-10-5-6-11(12)7-10)15-13(16)9-18-19(15)4-2/h9-12,14,17H,3-8H2,1-2H3. The molecular formula is C15H24BrN3. The summed E-state index contributed by atoms with van der Waals surface area (Å²) < 4.78 is 3.33. The largest absolute Gasteiger partial charge is 0.309 e. The molecule has 2 aliphatic rings. The molecule has 1 heterocycles. The van der Waals surface area contributed by atoms with Crippen LogP contribution in [0.4, 0.5) is 0 Å². The third kappa shape index (κ3) is 2.38. The monoisotopic (exact) mass is 325 g/mol. The van der Waals surface area contributed by atoms with E-state index in [4.69, 9.17) is 0 Å². The van der Waals surface area contributed by atoms with Crippen LogP contribution in [0.1, 0.15) is 51.3 Å². The van der Waals surface area contributed by atoms with Crippen molar-refractivity contribution in [3.63, 3.8) is 0 Å². The van der Waals surface area contributed by atoms with Gasteiger partial charge in [0.1, 0.15) is 0 Å². The van der Waals surface area contributed by atoms with Crippen molar-refractivity contribution >= 4 is 15.9 Å². The first-order chi connectivity index (χ1) is 9.24. The highest BCUT2D eigenvalue weighted by Crippen LogP contribution is 2.53. The lowest BCUT2D eigenvalue weighted by atomic mass is 9.82. The Morgan fingerprint density at radius 2 is 2.26 bits per heavy atom. The fourth-order valence-corrected chi connectivity index (χ4v) is 4.85. The molecule has 2 saturated carbocycles. The maximum Gasteiger partial charge on any atom is 0.0698 e. The Hall–Kier alpha value is -0.350. The first-order valence-corrected chi connectivity index (χ1v) is 8.48. The molecule has 0 aliphatic heterocycles. The van der Waals surface area contributed by atoms with Crippen LogP contribution in [-0.2, 0) is 6.54 Å². The second-order valence-electron chi connectivity index (χ2n) is 6.07. The number of hydrogen-bond donors (Lipinski definition) is 1. The number of aromatic nitrogens is 2. The van der Waals surface area contributed by atoms with Gasteiger partial charge in [-0.1, -0.05) is 13.3 Å². The third-order valence-corrected chi connectivity index (χ3v) is 5.68. The number of fused-ring (bicyclic) bond motifs is 2. The van der Waals surface area contributed by atoms with Crippen LogP contribution in [-0.4, -0.2) is 16.3 Å². The first-order valence-electron chi connectivity index (χ1n) is 7.69. The summed E-state index contributed by atoms with van der Waals surface area (Å²) in [7, 11) is 0. The van der Waals surface area contributed by atoms with Crippen LogP contribution in [0.15, 0.2) is 10.7 Å². The van der Waals surface area contributed by atoms with Gasteiger partial charge in [0.2, 0.25) is 0 Å². The highest BCUT2D eigenvalue weighted by Gasteiger charge is 2.44. The summed E-state index contributed by atoms with van der Waals surface area (Å²) in [6.45, 7) is 6.36. The highest BCUT2D eigenvalue weighted by molar-refractivity contribution is 9.10. The number of rotatable bonds is 5. The molecule has 4 heteroatoms. The minimum absolute atomic E-state index is 0.470. The van der Waals surface area contributed by atoms with Crippen LogP contribution < -0.4 is 5.32 Å². The van der Waals surface area contributed by atoms with Crippen LogP contribution in [0, 0.1) is 17.8 Å². The van der Waals surface area contributed by atoms with Crippen molar-refractivity contribution in [2.45, 2.75) is 52.1 Å². The lowest BCUT2D eigenvalue weighted by Crippen LogP contribution is -2.33. The van der Waals surface area contributed by atoms with Crippen LogP contribution in [0.2, 0.25) is 0 Å². The molecule has 2 fully saturated rings. The second kappa shape index (κ2) is 5.57. The van der Waals surface area contributed by atoms with Crippen molar-refractivity contribution in [1.82, 2.24) is 15.1 Å². The summed E-state index contributed by atoms with van der Waals surface area (Å²) in [5.41, 5.74) is 1.36. The van der Waals surface area contributed by atoms with E-state index in [1.807, 2.05) is 6.20 Å². The summed E-state index contributed by atoms with van der Waals surface area (Å²) in [4.78, 5) is 0. The summed E-state index contributed by atoms with van der Waals surface area (Å²) >= 11 is 3.71. The van der Waals surface area contributed by atoms with E-state index in [9.17, 15) is 0 Å². The SMILES string of the molecule is CCNC(c1c(Br)cnn1CC)C1CC2CCC1C2. The van der Waals surface area contributed by atoms with E-state index in [2.05, 4.69) is 44.9 Å². The molecule has 0 amide bonds. The zero-order valence-electron chi connectivity index (χ0n) is 11.9. The van der Waals surface area contributed by atoms with Gasteiger partial charge in [0, 0.05) is 6.54 Å². The Kier molecular flexibility index (Phi) is 3.99. The predicted octanol–water partition coefficient (Wildman–Crippen LogP) is 3.75. The van der Waals surface area contributed by atoms with Crippen LogP contribution in [0.5, 0.6) is 0 Å². The van der Waals surface area contributed by atoms with Gasteiger partial charge in [-0.25, -0.2) is 0 Å². The average molecular weight is 326 g/mol. The fraction of sp³-hybridized carbons (Fsp3) is 0.800. The Bertz CT molecular complexity index is 443. The van der Waals surface area contributed by atoms with E-state index in [-0.39, 0.29) is 0 Å². The topological polar surface area (TPSA) is 29.9 Å². The molecule has 0 saturated heterocycles. The van der Waals surface area contributed by atoms with Crippen LogP contribution >= 0.6 is 15.9 Å². The molecule has 4 atom stereocenters. The highest BCUT2D eigenvalue weighted by atomic mass is 79.9. The molecule has 3 rings (SSSR count). The Balaban J connectivity index is 1.90. The van der Waals surface area contributed by atoms with Gasteiger partial charge < -0.3 is 5.32 Å². The van der Waals surface area contributed by atoms with Gasteiger partial charge in [0.05, 0.1) is 22.4 Å². The molecule has 106 valence electrons. The Morgan fingerprint density at radius 1 is 1.42 bits per heavy atom.